The van der Waals surface area contributed by atoms with E-state index in [1.54, 1.807) is 34.8 Å². The van der Waals surface area contributed by atoms with Gasteiger partial charge in [0.1, 0.15) is 5.82 Å². The Morgan fingerprint density at radius 1 is 1.07 bits per heavy atom. The second kappa shape index (κ2) is 6.70. The number of halogens is 2. The summed E-state index contributed by atoms with van der Waals surface area (Å²) in [6.07, 6.45) is 3.50. The first-order valence-electron chi connectivity index (χ1n) is 9.53. The lowest BCUT2D eigenvalue weighted by atomic mass is 10.1. The molecule has 7 nitrogen and oxygen atoms in total. The molecule has 0 bridgehead atoms. The Labute approximate surface area is 165 Å². The molecule has 0 aliphatic carbocycles. The number of aryl methyl sites for hydroxylation is 1. The van der Waals surface area contributed by atoms with E-state index < -0.39 is 5.82 Å². The third-order valence-corrected chi connectivity index (χ3v) is 5.38. The summed E-state index contributed by atoms with van der Waals surface area (Å²) < 4.78 is 31.2. The molecular weight excluding hydrogens is 376 g/mol. The van der Waals surface area contributed by atoms with E-state index >= 15 is 4.39 Å². The van der Waals surface area contributed by atoms with Crippen LogP contribution in [-0.2, 0) is 0 Å². The van der Waals surface area contributed by atoms with E-state index in [0.29, 0.717) is 22.4 Å². The fourth-order valence-corrected chi connectivity index (χ4v) is 3.90. The first kappa shape index (κ1) is 17.9. The van der Waals surface area contributed by atoms with Gasteiger partial charge in [0.05, 0.1) is 22.3 Å². The Hall–Kier alpha value is -3.20. The number of imidazole rings is 1. The summed E-state index contributed by atoms with van der Waals surface area (Å²) in [5, 5.41) is 10.9. The SMILES string of the molecule is Cc1cn2cc(N(C)c3n[nH]c4cc(N5CCNCC5)cc(F)c34)cc(F)c2n1. The summed E-state index contributed by atoms with van der Waals surface area (Å²) >= 11 is 0. The van der Waals surface area contributed by atoms with Crippen LogP contribution >= 0.6 is 0 Å². The van der Waals surface area contributed by atoms with Gasteiger partial charge in [-0.25, -0.2) is 13.8 Å². The summed E-state index contributed by atoms with van der Waals surface area (Å²) in [5.41, 5.74) is 2.97. The number of fused-ring (bicyclic) bond motifs is 2. The zero-order chi connectivity index (χ0) is 20.1. The van der Waals surface area contributed by atoms with E-state index in [0.717, 1.165) is 37.6 Å². The van der Waals surface area contributed by atoms with Crippen LogP contribution in [0, 0.1) is 18.6 Å². The van der Waals surface area contributed by atoms with Crippen molar-refractivity contribution < 1.29 is 8.78 Å². The van der Waals surface area contributed by atoms with Gasteiger partial charge in [0.2, 0.25) is 0 Å². The number of hydrogen-bond donors (Lipinski definition) is 2. The van der Waals surface area contributed by atoms with Gasteiger partial charge in [-0.1, -0.05) is 0 Å². The van der Waals surface area contributed by atoms with E-state index in [9.17, 15) is 4.39 Å². The molecule has 1 fully saturated rings. The van der Waals surface area contributed by atoms with Gasteiger partial charge in [0, 0.05) is 57.4 Å². The van der Waals surface area contributed by atoms with Crippen molar-refractivity contribution in [2.45, 2.75) is 6.92 Å². The highest BCUT2D eigenvalue weighted by Gasteiger charge is 2.20. The number of nitrogens with one attached hydrogen (secondary N) is 2. The standard InChI is InChI=1S/C20H21F2N7/c1-12-10-29-11-14(8-16(22)19(29)24-12)27(2)20-18-15(21)7-13(9-17(18)25-26-20)28-5-3-23-4-6-28/h7-11,23H,3-6H2,1-2H3,(H,25,26). The number of aromatic amines is 1. The molecule has 5 rings (SSSR count). The average molecular weight is 397 g/mol. The second-order valence-electron chi connectivity index (χ2n) is 7.35. The van der Waals surface area contributed by atoms with Crippen LogP contribution < -0.4 is 15.1 Å². The minimum atomic E-state index is -0.441. The molecule has 29 heavy (non-hydrogen) atoms. The number of aromatic nitrogens is 4. The van der Waals surface area contributed by atoms with E-state index in [2.05, 4.69) is 25.4 Å². The van der Waals surface area contributed by atoms with Crippen LogP contribution in [0.15, 0.2) is 30.6 Å². The van der Waals surface area contributed by atoms with E-state index in [-0.39, 0.29) is 11.5 Å². The van der Waals surface area contributed by atoms with Crippen LogP contribution in [0.4, 0.5) is 26.0 Å². The van der Waals surface area contributed by atoms with Crippen LogP contribution in [0.2, 0.25) is 0 Å². The summed E-state index contributed by atoms with van der Waals surface area (Å²) in [6.45, 7) is 5.21. The molecule has 1 aliphatic heterocycles. The molecule has 1 saturated heterocycles. The first-order valence-corrected chi connectivity index (χ1v) is 9.53. The third kappa shape index (κ3) is 2.98. The van der Waals surface area contributed by atoms with Gasteiger partial charge in [-0.2, -0.15) is 5.10 Å². The smallest absolute Gasteiger partial charge is 0.173 e. The second-order valence-corrected chi connectivity index (χ2v) is 7.35. The molecule has 0 amide bonds. The molecule has 4 heterocycles. The van der Waals surface area contributed by atoms with Gasteiger partial charge in [-0.15, -0.1) is 0 Å². The van der Waals surface area contributed by atoms with E-state index in [4.69, 9.17) is 0 Å². The van der Waals surface area contributed by atoms with E-state index in [1.807, 2.05) is 13.0 Å². The minimum absolute atomic E-state index is 0.262. The fraction of sp³-hybridized carbons (Fsp3) is 0.300. The molecule has 0 unspecified atom stereocenters. The zero-order valence-corrected chi connectivity index (χ0v) is 16.2. The number of H-pyrrole nitrogens is 1. The fourth-order valence-electron chi connectivity index (χ4n) is 3.90. The van der Waals surface area contributed by atoms with E-state index in [1.165, 1.54) is 6.07 Å². The molecule has 0 atom stereocenters. The Bertz CT molecular complexity index is 1210. The summed E-state index contributed by atoms with van der Waals surface area (Å²) in [5.74, 6) is -0.393. The number of hydrogen-bond acceptors (Lipinski definition) is 5. The van der Waals surface area contributed by atoms with Crippen LogP contribution in [0.1, 0.15) is 5.69 Å². The van der Waals surface area contributed by atoms with Crippen molar-refractivity contribution in [3.63, 3.8) is 0 Å². The molecule has 3 aromatic heterocycles. The Morgan fingerprint density at radius 2 is 1.86 bits per heavy atom. The van der Waals surface area contributed by atoms with Crippen molar-refractivity contribution in [1.82, 2.24) is 24.9 Å². The largest absolute Gasteiger partial charge is 0.369 e. The van der Waals surface area contributed by atoms with Crippen molar-refractivity contribution in [2.24, 2.45) is 0 Å². The minimum Gasteiger partial charge on any atom is -0.369 e. The Kier molecular flexibility index (Phi) is 4.13. The predicted molar refractivity (Wildman–Crippen MR) is 109 cm³/mol. The Balaban J connectivity index is 1.56. The monoisotopic (exact) mass is 397 g/mol. The summed E-state index contributed by atoms with van der Waals surface area (Å²) in [7, 11) is 1.74. The molecule has 0 saturated carbocycles. The third-order valence-electron chi connectivity index (χ3n) is 5.38. The quantitative estimate of drug-likeness (QED) is 0.557. The van der Waals surface area contributed by atoms with Gasteiger partial charge in [-0.05, 0) is 19.1 Å². The maximum absolute atomic E-state index is 15.1. The summed E-state index contributed by atoms with van der Waals surface area (Å²) in [4.78, 5) is 7.99. The maximum atomic E-state index is 15.1. The summed E-state index contributed by atoms with van der Waals surface area (Å²) in [6, 6.07) is 4.84. The highest BCUT2D eigenvalue weighted by Crippen LogP contribution is 2.34. The molecule has 0 spiro atoms. The normalized spacial score (nSPS) is 14.8. The van der Waals surface area contributed by atoms with Gasteiger partial charge < -0.3 is 19.5 Å². The number of nitrogens with zero attached hydrogens (tertiary/aromatic N) is 5. The van der Waals surface area contributed by atoms with Crippen molar-refractivity contribution >= 4 is 33.7 Å². The topological polar surface area (TPSA) is 64.5 Å². The lowest BCUT2D eigenvalue weighted by Crippen LogP contribution is -2.43. The van der Waals surface area contributed by atoms with Crippen LogP contribution in [-0.4, -0.2) is 52.8 Å². The van der Waals surface area contributed by atoms with Gasteiger partial charge in [-0.3, -0.25) is 5.10 Å². The molecule has 1 aromatic carbocycles. The highest BCUT2D eigenvalue weighted by molar-refractivity contribution is 5.94. The first-order chi connectivity index (χ1) is 14.0. The van der Waals surface area contributed by atoms with Crippen LogP contribution in [0.25, 0.3) is 16.6 Å². The predicted octanol–water partition coefficient (Wildman–Crippen LogP) is 2.97. The number of piperazine rings is 1. The average Bonchev–Trinajstić information content (AvgIpc) is 3.31. The van der Waals surface area contributed by atoms with Crippen LogP contribution in [0.5, 0.6) is 0 Å². The lowest BCUT2D eigenvalue weighted by Gasteiger charge is -2.29. The van der Waals surface area contributed by atoms with Crippen molar-refractivity contribution in [1.29, 1.82) is 0 Å². The number of benzene rings is 1. The van der Waals surface area contributed by atoms with Crippen molar-refractivity contribution in [2.75, 3.05) is 43.0 Å². The molecular formula is C20H21F2N7. The molecule has 0 radical (unpaired) electrons. The van der Waals surface area contributed by atoms with Crippen molar-refractivity contribution in [3.8, 4) is 0 Å². The van der Waals surface area contributed by atoms with Gasteiger partial charge in [0.15, 0.2) is 17.3 Å². The molecule has 1 aliphatic rings. The van der Waals surface area contributed by atoms with Crippen molar-refractivity contribution in [3.05, 3.63) is 47.9 Å². The van der Waals surface area contributed by atoms with Crippen LogP contribution in [0.3, 0.4) is 0 Å². The van der Waals surface area contributed by atoms with Gasteiger partial charge in [0.25, 0.3) is 0 Å². The molecule has 4 aromatic rings. The lowest BCUT2D eigenvalue weighted by molar-refractivity contribution is 0.586. The molecule has 150 valence electrons. The number of rotatable bonds is 3. The molecule has 2 N–H and O–H groups in total. The number of anilines is 3. The number of pyridine rings is 1. The van der Waals surface area contributed by atoms with Gasteiger partial charge >= 0.3 is 0 Å². The Morgan fingerprint density at radius 3 is 2.66 bits per heavy atom. The molecule has 9 heteroatoms. The maximum Gasteiger partial charge on any atom is 0.173 e. The highest BCUT2D eigenvalue weighted by atomic mass is 19.1. The zero-order valence-electron chi connectivity index (χ0n) is 16.2.